The SMILES string of the molecule is CC1=NN(c2ccccc2)C(=O)C1=Cc1c(C)nn(-c2ccccc2)c1O. The summed E-state index contributed by atoms with van der Waals surface area (Å²) in [6, 6.07) is 18.6. The molecule has 0 fully saturated rings. The summed E-state index contributed by atoms with van der Waals surface area (Å²) in [6.07, 6.45) is 1.65. The van der Waals surface area contributed by atoms with E-state index in [0.29, 0.717) is 28.2 Å². The monoisotopic (exact) mass is 358 g/mol. The summed E-state index contributed by atoms with van der Waals surface area (Å²) < 4.78 is 1.46. The number of nitrogens with zero attached hydrogens (tertiary/aromatic N) is 4. The predicted molar refractivity (Wildman–Crippen MR) is 105 cm³/mol. The van der Waals surface area contributed by atoms with E-state index in [1.54, 1.807) is 19.9 Å². The number of para-hydroxylation sites is 2. The number of anilines is 1. The van der Waals surface area contributed by atoms with Gasteiger partial charge in [-0.25, -0.2) is 4.68 Å². The van der Waals surface area contributed by atoms with Crippen molar-refractivity contribution in [2.45, 2.75) is 13.8 Å². The van der Waals surface area contributed by atoms with E-state index in [4.69, 9.17) is 0 Å². The number of rotatable bonds is 3. The lowest BCUT2D eigenvalue weighted by Gasteiger charge is -2.11. The van der Waals surface area contributed by atoms with Crippen molar-refractivity contribution in [3.63, 3.8) is 0 Å². The second kappa shape index (κ2) is 6.57. The van der Waals surface area contributed by atoms with Gasteiger partial charge < -0.3 is 5.11 Å². The van der Waals surface area contributed by atoms with E-state index in [1.165, 1.54) is 9.69 Å². The number of hydrogen-bond donors (Lipinski definition) is 1. The van der Waals surface area contributed by atoms with Gasteiger partial charge in [0.25, 0.3) is 5.91 Å². The summed E-state index contributed by atoms with van der Waals surface area (Å²) in [4.78, 5) is 12.9. The number of amides is 1. The Kier molecular flexibility index (Phi) is 4.08. The summed E-state index contributed by atoms with van der Waals surface area (Å²) in [7, 11) is 0. The quantitative estimate of drug-likeness (QED) is 0.726. The molecule has 1 aromatic heterocycles. The number of carbonyl (C=O) groups is 1. The van der Waals surface area contributed by atoms with Crippen molar-refractivity contribution in [1.29, 1.82) is 0 Å². The van der Waals surface area contributed by atoms with Crippen LogP contribution in [0.3, 0.4) is 0 Å². The number of benzene rings is 2. The minimum Gasteiger partial charge on any atom is -0.493 e. The molecular formula is C21H18N4O2. The number of hydrogen-bond acceptors (Lipinski definition) is 4. The van der Waals surface area contributed by atoms with Gasteiger partial charge in [0.1, 0.15) is 0 Å². The van der Waals surface area contributed by atoms with Gasteiger partial charge in [-0.1, -0.05) is 36.4 Å². The summed E-state index contributed by atoms with van der Waals surface area (Å²) in [5.74, 6) is -0.241. The zero-order chi connectivity index (χ0) is 19.0. The van der Waals surface area contributed by atoms with Crippen molar-refractivity contribution in [2.75, 3.05) is 5.01 Å². The molecule has 4 rings (SSSR count). The molecular weight excluding hydrogens is 340 g/mol. The number of aryl methyl sites for hydroxylation is 1. The van der Waals surface area contributed by atoms with Crippen molar-refractivity contribution < 1.29 is 9.90 Å². The zero-order valence-corrected chi connectivity index (χ0v) is 15.0. The van der Waals surface area contributed by atoms with Gasteiger partial charge in [0.05, 0.1) is 33.9 Å². The summed E-state index contributed by atoms with van der Waals surface area (Å²) >= 11 is 0. The van der Waals surface area contributed by atoms with Crippen molar-refractivity contribution in [1.82, 2.24) is 9.78 Å². The molecule has 1 aliphatic rings. The van der Waals surface area contributed by atoms with Crippen molar-refractivity contribution in [2.24, 2.45) is 5.10 Å². The third-order valence-corrected chi connectivity index (χ3v) is 4.43. The third kappa shape index (κ3) is 2.91. The fourth-order valence-electron chi connectivity index (χ4n) is 3.02. The first-order valence-corrected chi connectivity index (χ1v) is 8.57. The van der Waals surface area contributed by atoms with Gasteiger partial charge in [-0.15, -0.1) is 0 Å². The first kappa shape index (κ1) is 16.8. The van der Waals surface area contributed by atoms with E-state index < -0.39 is 0 Å². The predicted octanol–water partition coefficient (Wildman–Crippen LogP) is 3.69. The van der Waals surface area contributed by atoms with E-state index in [-0.39, 0.29) is 11.8 Å². The first-order chi connectivity index (χ1) is 13.1. The normalized spacial score (nSPS) is 15.5. The number of carbonyl (C=O) groups excluding carboxylic acids is 1. The lowest BCUT2D eigenvalue weighted by molar-refractivity contribution is -0.114. The molecule has 2 heterocycles. The molecule has 1 aliphatic heterocycles. The molecule has 1 N–H and O–H groups in total. The maximum atomic E-state index is 12.9. The van der Waals surface area contributed by atoms with Crippen LogP contribution in [0.25, 0.3) is 11.8 Å². The van der Waals surface area contributed by atoms with E-state index in [1.807, 2.05) is 60.7 Å². The Morgan fingerprint density at radius 3 is 2.15 bits per heavy atom. The zero-order valence-electron chi connectivity index (χ0n) is 15.0. The molecule has 3 aromatic rings. The second-order valence-electron chi connectivity index (χ2n) is 6.27. The van der Waals surface area contributed by atoms with Crippen LogP contribution in [0, 0.1) is 6.92 Å². The van der Waals surface area contributed by atoms with Gasteiger partial charge in [0.15, 0.2) is 0 Å². The Hall–Kier alpha value is -3.67. The lowest BCUT2D eigenvalue weighted by atomic mass is 10.1. The van der Waals surface area contributed by atoms with Crippen LogP contribution in [-0.2, 0) is 4.79 Å². The average molecular weight is 358 g/mol. The largest absolute Gasteiger partial charge is 0.493 e. The Morgan fingerprint density at radius 2 is 1.52 bits per heavy atom. The van der Waals surface area contributed by atoms with Gasteiger partial charge >= 0.3 is 0 Å². The van der Waals surface area contributed by atoms with Crippen LogP contribution >= 0.6 is 0 Å². The van der Waals surface area contributed by atoms with Gasteiger partial charge in [0, 0.05) is 0 Å². The Labute approximate surface area is 156 Å². The summed E-state index contributed by atoms with van der Waals surface area (Å²) in [6.45, 7) is 3.58. The minimum atomic E-state index is -0.232. The lowest BCUT2D eigenvalue weighted by Crippen LogP contribution is -2.21. The first-order valence-electron chi connectivity index (χ1n) is 8.57. The van der Waals surface area contributed by atoms with Crippen LogP contribution in [0.4, 0.5) is 5.69 Å². The Balaban J connectivity index is 1.74. The smallest absolute Gasteiger partial charge is 0.280 e. The molecule has 0 radical (unpaired) electrons. The van der Waals surface area contributed by atoms with E-state index >= 15 is 0 Å². The fraction of sp³-hybridized carbons (Fsp3) is 0.0952. The molecule has 0 unspecified atom stereocenters. The molecule has 6 heteroatoms. The molecule has 0 aliphatic carbocycles. The Bertz CT molecular complexity index is 1070. The highest BCUT2D eigenvalue weighted by Crippen LogP contribution is 2.30. The van der Waals surface area contributed by atoms with Crippen LogP contribution < -0.4 is 5.01 Å². The van der Waals surface area contributed by atoms with Crippen molar-refractivity contribution >= 4 is 23.4 Å². The molecule has 27 heavy (non-hydrogen) atoms. The van der Waals surface area contributed by atoms with Crippen LogP contribution in [0.15, 0.2) is 71.3 Å². The molecule has 0 saturated carbocycles. The molecule has 2 aromatic carbocycles. The maximum Gasteiger partial charge on any atom is 0.280 e. The van der Waals surface area contributed by atoms with Crippen LogP contribution in [0.1, 0.15) is 18.2 Å². The molecule has 0 atom stereocenters. The molecule has 0 bridgehead atoms. The fourth-order valence-corrected chi connectivity index (χ4v) is 3.02. The van der Waals surface area contributed by atoms with Crippen LogP contribution in [0.5, 0.6) is 5.88 Å². The highest BCUT2D eigenvalue weighted by atomic mass is 16.3. The van der Waals surface area contributed by atoms with Gasteiger partial charge in [-0.2, -0.15) is 15.2 Å². The van der Waals surface area contributed by atoms with Crippen LogP contribution in [-0.4, -0.2) is 26.5 Å². The molecule has 0 spiro atoms. The highest BCUT2D eigenvalue weighted by Gasteiger charge is 2.29. The number of aromatic nitrogens is 2. The van der Waals surface area contributed by atoms with Crippen molar-refractivity contribution in [3.8, 4) is 11.6 Å². The number of hydrazone groups is 1. The molecule has 1 amide bonds. The summed E-state index contributed by atoms with van der Waals surface area (Å²) in [5, 5.41) is 20.8. The van der Waals surface area contributed by atoms with Gasteiger partial charge in [0.2, 0.25) is 5.88 Å². The van der Waals surface area contributed by atoms with Gasteiger partial charge in [-0.3, -0.25) is 4.79 Å². The minimum absolute atomic E-state index is 0.00930. The highest BCUT2D eigenvalue weighted by molar-refractivity contribution is 6.32. The average Bonchev–Trinajstić information content (AvgIpc) is 3.14. The van der Waals surface area contributed by atoms with E-state index in [9.17, 15) is 9.90 Å². The van der Waals surface area contributed by atoms with Gasteiger partial charge in [-0.05, 0) is 44.2 Å². The van der Waals surface area contributed by atoms with Crippen LogP contribution in [0.2, 0.25) is 0 Å². The Morgan fingerprint density at radius 1 is 0.926 bits per heavy atom. The second-order valence-corrected chi connectivity index (χ2v) is 6.27. The van der Waals surface area contributed by atoms with E-state index in [0.717, 1.165) is 5.69 Å². The topological polar surface area (TPSA) is 70.7 Å². The standard InChI is InChI=1S/C21H18N4O2/c1-14-18(20(26)24(22-14)16-9-5-3-6-10-16)13-19-15(2)23-25(21(19)27)17-11-7-4-8-12-17/h3-13,26H,1-2H3. The molecule has 6 nitrogen and oxygen atoms in total. The molecule has 0 saturated heterocycles. The maximum absolute atomic E-state index is 12.9. The van der Waals surface area contributed by atoms with Crippen molar-refractivity contribution in [3.05, 3.63) is 77.5 Å². The van der Waals surface area contributed by atoms with E-state index in [2.05, 4.69) is 10.2 Å². The summed E-state index contributed by atoms with van der Waals surface area (Å²) in [5.41, 5.74) is 3.61. The molecule has 134 valence electrons. The third-order valence-electron chi connectivity index (χ3n) is 4.43. The number of aromatic hydroxyl groups is 1.